The number of piperidine rings is 1. The average Bonchev–Trinajstić information content (AvgIpc) is 3.11. The third-order valence-corrected chi connectivity index (χ3v) is 8.48. The van der Waals surface area contributed by atoms with Gasteiger partial charge in [-0.15, -0.1) is 0 Å². The number of methoxy groups -OCH3 is 1. The lowest BCUT2D eigenvalue weighted by molar-refractivity contribution is -0.143. The first-order valence-electron chi connectivity index (χ1n) is 13.4. The molecule has 7 heteroatoms. The van der Waals surface area contributed by atoms with Crippen molar-refractivity contribution in [3.05, 3.63) is 35.4 Å². The van der Waals surface area contributed by atoms with Gasteiger partial charge in [0.1, 0.15) is 0 Å². The van der Waals surface area contributed by atoms with Crippen LogP contribution in [0.1, 0.15) is 92.5 Å². The van der Waals surface area contributed by atoms with E-state index in [1.54, 1.807) is 6.07 Å². The van der Waals surface area contributed by atoms with Crippen LogP contribution in [0.15, 0.2) is 24.3 Å². The van der Waals surface area contributed by atoms with Crippen molar-refractivity contribution in [1.82, 2.24) is 9.80 Å². The normalized spacial score (nSPS) is 24.8. The second-order valence-corrected chi connectivity index (χ2v) is 10.7. The zero-order chi connectivity index (χ0) is 24.8. The first kappa shape index (κ1) is 25.7. The predicted octanol–water partition coefficient (Wildman–Crippen LogP) is 3.86. The summed E-state index contributed by atoms with van der Waals surface area (Å²) in [5, 5.41) is 0. The fourth-order valence-corrected chi connectivity index (χ4v) is 6.56. The van der Waals surface area contributed by atoms with Gasteiger partial charge in [-0.05, 0) is 68.1 Å². The molecule has 0 spiro atoms. The predicted molar refractivity (Wildman–Crippen MR) is 135 cm³/mol. The fourth-order valence-electron chi connectivity index (χ4n) is 6.56. The molecule has 2 bridgehead atoms. The molecule has 2 N–H and O–H groups in total. The number of esters is 1. The van der Waals surface area contributed by atoms with E-state index >= 15 is 0 Å². The Kier molecular flexibility index (Phi) is 8.82. The average molecular weight is 484 g/mol. The summed E-state index contributed by atoms with van der Waals surface area (Å²) < 4.78 is 4.75. The number of nitrogens with two attached hydrogens (primary N) is 1. The molecular formula is C28H41N3O4. The van der Waals surface area contributed by atoms with Gasteiger partial charge in [0.15, 0.2) is 0 Å². The van der Waals surface area contributed by atoms with Crippen LogP contribution in [-0.2, 0) is 14.3 Å². The van der Waals surface area contributed by atoms with Crippen molar-refractivity contribution in [2.24, 2.45) is 11.7 Å². The number of ether oxygens (including phenoxy) is 1. The van der Waals surface area contributed by atoms with Crippen molar-refractivity contribution >= 4 is 17.8 Å². The minimum absolute atomic E-state index is 0.0754. The minimum atomic E-state index is -0.373. The molecule has 192 valence electrons. The number of hydrogen-bond donors (Lipinski definition) is 1. The summed E-state index contributed by atoms with van der Waals surface area (Å²) in [5.41, 5.74) is 7.30. The molecule has 1 aromatic carbocycles. The molecule has 0 aromatic heterocycles. The van der Waals surface area contributed by atoms with Gasteiger partial charge in [0.25, 0.3) is 0 Å². The molecule has 3 fully saturated rings. The van der Waals surface area contributed by atoms with Gasteiger partial charge in [-0.2, -0.15) is 0 Å². The van der Waals surface area contributed by atoms with Crippen molar-refractivity contribution in [2.75, 3.05) is 26.7 Å². The van der Waals surface area contributed by atoms with Gasteiger partial charge in [-0.3, -0.25) is 19.3 Å². The Morgan fingerprint density at radius 2 is 1.74 bits per heavy atom. The topological polar surface area (TPSA) is 92.9 Å². The minimum Gasteiger partial charge on any atom is -0.469 e. The summed E-state index contributed by atoms with van der Waals surface area (Å²) in [6.45, 7) is 2.43. The van der Waals surface area contributed by atoms with E-state index in [0.29, 0.717) is 29.5 Å². The highest BCUT2D eigenvalue weighted by molar-refractivity contribution is 5.92. The summed E-state index contributed by atoms with van der Waals surface area (Å²) in [7, 11) is 1.37. The first-order valence-corrected chi connectivity index (χ1v) is 13.4. The van der Waals surface area contributed by atoms with E-state index in [2.05, 4.69) is 11.0 Å². The molecule has 1 saturated carbocycles. The maximum Gasteiger partial charge on any atom is 0.306 e. The molecular weight excluding hydrogens is 442 g/mol. The molecule has 2 saturated heterocycles. The van der Waals surface area contributed by atoms with Gasteiger partial charge in [-0.1, -0.05) is 31.4 Å². The van der Waals surface area contributed by atoms with Gasteiger partial charge < -0.3 is 15.4 Å². The number of rotatable bonds is 10. The van der Waals surface area contributed by atoms with Gasteiger partial charge in [-0.25, -0.2) is 0 Å². The highest BCUT2D eigenvalue weighted by atomic mass is 16.5. The van der Waals surface area contributed by atoms with E-state index < -0.39 is 0 Å². The maximum absolute atomic E-state index is 13.1. The first-order chi connectivity index (χ1) is 16.9. The Labute approximate surface area is 209 Å². The Hall–Kier alpha value is -2.41. The van der Waals surface area contributed by atoms with Crippen LogP contribution in [-0.4, -0.2) is 66.4 Å². The molecule has 2 heterocycles. The SMILES string of the molecule is COC(=O)CCC(=O)N(CCN1C2CCC1CC(c1cccc(C(N)=O)c1)C2)CC1CCCCC1. The Morgan fingerprint density at radius 1 is 1.03 bits per heavy atom. The number of carbonyl (C=O) groups is 3. The smallest absolute Gasteiger partial charge is 0.306 e. The Balaban J connectivity index is 1.36. The summed E-state index contributed by atoms with van der Waals surface area (Å²) >= 11 is 0. The van der Waals surface area contributed by atoms with Crippen LogP contribution in [0.25, 0.3) is 0 Å². The van der Waals surface area contributed by atoms with E-state index in [4.69, 9.17) is 10.5 Å². The molecule has 1 aliphatic carbocycles. The van der Waals surface area contributed by atoms with Gasteiger partial charge in [0, 0.05) is 43.7 Å². The van der Waals surface area contributed by atoms with Gasteiger partial charge in [0.2, 0.25) is 11.8 Å². The van der Waals surface area contributed by atoms with Crippen LogP contribution in [0, 0.1) is 5.92 Å². The van der Waals surface area contributed by atoms with E-state index in [0.717, 1.165) is 32.5 Å². The number of hydrogen-bond acceptors (Lipinski definition) is 5. The molecule has 4 rings (SSSR count). The third-order valence-electron chi connectivity index (χ3n) is 8.48. The molecule has 2 unspecified atom stereocenters. The van der Waals surface area contributed by atoms with Crippen molar-refractivity contribution in [3.8, 4) is 0 Å². The Bertz CT molecular complexity index is 884. The lowest BCUT2D eigenvalue weighted by Crippen LogP contribution is -2.47. The van der Waals surface area contributed by atoms with Crippen molar-refractivity contribution in [1.29, 1.82) is 0 Å². The molecule has 2 amide bonds. The quantitative estimate of drug-likeness (QED) is 0.510. The standard InChI is InChI=1S/C28H41N3O4/c1-35-27(33)13-12-26(32)30(19-20-6-3-2-4-7-20)14-15-31-24-10-11-25(31)18-23(17-24)21-8-5-9-22(16-21)28(29)34/h5,8-9,16,20,23-25H,2-4,6-7,10-15,17-19H2,1H3,(H2,29,34). The molecule has 2 atom stereocenters. The molecule has 3 aliphatic rings. The number of benzene rings is 1. The van der Waals surface area contributed by atoms with Gasteiger partial charge >= 0.3 is 5.97 Å². The molecule has 1 aromatic rings. The van der Waals surface area contributed by atoms with E-state index in [1.165, 1.54) is 57.6 Å². The number of primary amides is 1. The van der Waals surface area contributed by atoms with E-state index in [1.807, 2.05) is 17.0 Å². The largest absolute Gasteiger partial charge is 0.469 e. The molecule has 2 aliphatic heterocycles. The lowest BCUT2D eigenvalue weighted by Gasteiger charge is -2.40. The van der Waals surface area contributed by atoms with Gasteiger partial charge in [0.05, 0.1) is 13.5 Å². The van der Waals surface area contributed by atoms with Crippen LogP contribution < -0.4 is 5.73 Å². The summed E-state index contributed by atoms with van der Waals surface area (Å²) in [5.74, 6) is 0.402. The highest BCUT2D eigenvalue weighted by Crippen LogP contribution is 2.43. The van der Waals surface area contributed by atoms with E-state index in [-0.39, 0.29) is 30.6 Å². The number of nitrogens with zero attached hydrogens (tertiary/aromatic N) is 2. The Morgan fingerprint density at radius 3 is 2.40 bits per heavy atom. The summed E-state index contributed by atoms with van der Waals surface area (Å²) in [4.78, 5) is 41.0. The zero-order valence-corrected chi connectivity index (χ0v) is 21.1. The fraction of sp³-hybridized carbons (Fsp3) is 0.679. The number of fused-ring (bicyclic) bond motifs is 2. The molecule has 35 heavy (non-hydrogen) atoms. The molecule has 0 radical (unpaired) electrons. The zero-order valence-electron chi connectivity index (χ0n) is 21.1. The van der Waals surface area contributed by atoms with Crippen molar-refractivity contribution in [2.45, 2.75) is 88.6 Å². The summed E-state index contributed by atoms with van der Waals surface area (Å²) in [6.07, 6.45) is 11.1. The lowest BCUT2D eigenvalue weighted by atomic mass is 9.84. The number of amides is 2. The van der Waals surface area contributed by atoms with Crippen LogP contribution in [0.2, 0.25) is 0 Å². The van der Waals surface area contributed by atoms with Crippen molar-refractivity contribution < 1.29 is 19.1 Å². The maximum atomic E-state index is 13.1. The molecule has 7 nitrogen and oxygen atoms in total. The van der Waals surface area contributed by atoms with E-state index in [9.17, 15) is 14.4 Å². The van der Waals surface area contributed by atoms with Crippen LogP contribution >= 0.6 is 0 Å². The van der Waals surface area contributed by atoms with Crippen LogP contribution in [0.4, 0.5) is 0 Å². The highest BCUT2D eigenvalue weighted by Gasteiger charge is 2.41. The monoisotopic (exact) mass is 483 g/mol. The third kappa shape index (κ3) is 6.63. The summed E-state index contributed by atoms with van der Waals surface area (Å²) in [6, 6.07) is 8.84. The second kappa shape index (κ2) is 12.0. The number of carbonyl (C=O) groups excluding carboxylic acids is 3. The van der Waals surface area contributed by atoms with Crippen LogP contribution in [0.5, 0.6) is 0 Å². The van der Waals surface area contributed by atoms with Crippen molar-refractivity contribution in [3.63, 3.8) is 0 Å². The second-order valence-electron chi connectivity index (χ2n) is 10.7. The van der Waals surface area contributed by atoms with Crippen LogP contribution in [0.3, 0.4) is 0 Å².